The number of aliphatic hydroxyl groups is 1. The van der Waals surface area contributed by atoms with Crippen molar-refractivity contribution in [2.75, 3.05) is 6.54 Å². The molecule has 0 radical (unpaired) electrons. The molecule has 1 amide bonds. The molecule has 0 aliphatic rings. The minimum atomic E-state index is -4.63. The number of rotatable bonds is 5. The van der Waals surface area contributed by atoms with Crippen molar-refractivity contribution in [2.45, 2.75) is 39.5 Å². The zero-order valence-electron chi connectivity index (χ0n) is 12.2. The minimum absolute atomic E-state index is 0.143. The van der Waals surface area contributed by atoms with Gasteiger partial charge in [-0.1, -0.05) is 13.8 Å². The summed E-state index contributed by atoms with van der Waals surface area (Å²) in [5.74, 6) is -0.874. The van der Waals surface area contributed by atoms with E-state index in [9.17, 15) is 23.1 Å². The van der Waals surface area contributed by atoms with Crippen LogP contribution >= 0.6 is 0 Å². The van der Waals surface area contributed by atoms with E-state index in [4.69, 9.17) is 0 Å². The number of nitrogens with zero attached hydrogens (tertiary/aromatic N) is 1. The van der Waals surface area contributed by atoms with E-state index >= 15 is 0 Å². The lowest BCUT2D eigenvalue weighted by atomic mass is 9.87. The fourth-order valence-electron chi connectivity index (χ4n) is 2.09. The molecule has 0 aromatic carbocycles. The van der Waals surface area contributed by atoms with Crippen molar-refractivity contribution in [3.05, 3.63) is 29.6 Å². The first kappa shape index (κ1) is 17.4. The van der Waals surface area contributed by atoms with E-state index in [2.05, 4.69) is 10.3 Å². The molecule has 1 atom stereocenters. The average Bonchev–Trinajstić information content (AvgIpc) is 2.33. The highest BCUT2D eigenvalue weighted by Gasteiger charge is 2.36. The maximum absolute atomic E-state index is 12.8. The second-order valence-corrected chi connectivity index (χ2v) is 5.80. The Morgan fingerprint density at radius 2 is 2.05 bits per heavy atom. The molecule has 0 saturated carbocycles. The summed E-state index contributed by atoms with van der Waals surface area (Å²) in [4.78, 5) is 15.4. The van der Waals surface area contributed by atoms with Gasteiger partial charge >= 0.3 is 6.18 Å². The van der Waals surface area contributed by atoms with Crippen molar-refractivity contribution in [3.63, 3.8) is 0 Å². The first-order valence-corrected chi connectivity index (χ1v) is 6.51. The number of pyridine rings is 1. The molecule has 1 heterocycles. The lowest BCUT2D eigenvalue weighted by Crippen LogP contribution is -2.36. The molecular formula is C14H19F3N2O2. The fourth-order valence-corrected chi connectivity index (χ4v) is 2.09. The molecular weight excluding hydrogens is 285 g/mol. The standard InChI is InChI=1S/C14H19F3N2O2/c1-9(20)7-13(2,3)8-19-12(21)11-10(14(15,16)17)5-4-6-18-11/h4-6,9,20H,7-8H2,1-3H3,(H,19,21). The Balaban J connectivity index is 2.82. The second-order valence-electron chi connectivity index (χ2n) is 5.80. The van der Waals surface area contributed by atoms with E-state index in [-0.39, 0.29) is 6.54 Å². The molecule has 0 saturated heterocycles. The molecule has 0 spiro atoms. The molecule has 0 fully saturated rings. The van der Waals surface area contributed by atoms with Crippen LogP contribution in [0.3, 0.4) is 0 Å². The number of carbonyl (C=O) groups excluding carboxylic acids is 1. The summed E-state index contributed by atoms with van der Waals surface area (Å²) in [6.07, 6.45) is -3.62. The molecule has 1 aromatic heterocycles. The van der Waals surface area contributed by atoms with Crippen molar-refractivity contribution in [2.24, 2.45) is 5.41 Å². The maximum Gasteiger partial charge on any atom is 0.418 e. The molecule has 118 valence electrons. The Kier molecular flexibility index (Phi) is 5.33. The molecule has 1 rings (SSSR count). The third kappa shape index (κ3) is 5.34. The number of hydrogen-bond donors (Lipinski definition) is 2. The summed E-state index contributed by atoms with van der Waals surface area (Å²) < 4.78 is 38.4. The summed E-state index contributed by atoms with van der Waals surface area (Å²) in [5, 5.41) is 11.8. The van der Waals surface area contributed by atoms with Gasteiger partial charge in [-0.05, 0) is 30.9 Å². The quantitative estimate of drug-likeness (QED) is 0.879. The van der Waals surface area contributed by atoms with Gasteiger partial charge in [0.1, 0.15) is 5.69 Å². The van der Waals surface area contributed by atoms with Gasteiger partial charge in [0.25, 0.3) is 5.91 Å². The molecule has 4 nitrogen and oxygen atoms in total. The zero-order chi connectivity index (χ0) is 16.3. The van der Waals surface area contributed by atoms with Gasteiger partial charge < -0.3 is 10.4 Å². The third-order valence-electron chi connectivity index (χ3n) is 2.90. The number of aromatic nitrogens is 1. The number of halogens is 3. The number of aliphatic hydroxyl groups excluding tert-OH is 1. The SMILES string of the molecule is CC(O)CC(C)(C)CNC(=O)c1ncccc1C(F)(F)F. The number of hydrogen-bond acceptors (Lipinski definition) is 3. The molecule has 0 bridgehead atoms. The van der Waals surface area contributed by atoms with E-state index in [1.165, 1.54) is 0 Å². The van der Waals surface area contributed by atoms with Crippen molar-refractivity contribution in [1.29, 1.82) is 0 Å². The van der Waals surface area contributed by atoms with Gasteiger partial charge in [0, 0.05) is 12.7 Å². The van der Waals surface area contributed by atoms with Gasteiger partial charge in [0.05, 0.1) is 11.7 Å². The number of nitrogens with one attached hydrogen (secondary N) is 1. The highest BCUT2D eigenvalue weighted by molar-refractivity contribution is 5.93. The molecule has 1 aromatic rings. The highest BCUT2D eigenvalue weighted by Crippen LogP contribution is 2.31. The van der Waals surface area contributed by atoms with E-state index in [0.29, 0.717) is 6.42 Å². The Bertz CT molecular complexity index is 499. The highest BCUT2D eigenvalue weighted by atomic mass is 19.4. The molecule has 0 aliphatic carbocycles. The van der Waals surface area contributed by atoms with E-state index in [1.54, 1.807) is 6.92 Å². The van der Waals surface area contributed by atoms with Crippen LogP contribution in [0.4, 0.5) is 13.2 Å². The summed E-state index contributed by atoms with van der Waals surface area (Å²) in [5.41, 5.74) is -2.13. The van der Waals surface area contributed by atoms with Crippen LogP contribution in [0.25, 0.3) is 0 Å². The predicted molar refractivity (Wildman–Crippen MR) is 71.7 cm³/mol. The Hall–Kier alpha value is -1.63. The van der Waals surface area contributed by atoms with Crippen LogP contribution in [-0.4, -0.2) is 28.6 Å². The van der Waals surface area contributed by atoms with Crippen LogP contribution in [0.2, 0.25) is 0 Å². The van der Waals surface area contributed by atoms with Gasteiger partial charge in [-0.3, -0.25) is 9.78 Å². The van der Waals surface area contributed by atoms with Gasteiger partial charge in [-0.2, -0.15) is 13.2 Å². The first-order valence-electron chi connectivity index (χ1n) is 6.51. The smallest absolute Gasteiger partial charge is 0.393 e. The molecule has 1 unspecified atom stereocenters. The Labute approximate surface area is 121 Å². The molecule has 0 aliphatic heterocycles. The van der Waals surface area contributed by atoms with Crippen molar-refractivity contribution in [1.82, 2.24) is 10.3 Å². The third-order valence-corrected chi connectivity index (χ3v) is 2.90. The normalized spacial score (nSPS) is 13.9. The fraction of sp³-hybridized carbons (Fsp3) is 0.571. The van der Waals surface area contributed by atoms with E-state index in [1.807, 2.05) is 13.8 Å². The van der Waals surface area contributed by atoms with Gasteiger partial charge in [0.15, 0.2) is 0 Å². The van der Waals surface area contributed by atoms with Crippen LogP contribution in [0, 0.1) is 5.41 Å². The van der Waals surface area contributed by atoms with Crippen LogP contribution in [0.15, 0.2) is 18.3 Å². The Morgan fingerprint density at radius 1 is 1.43 bits per heavy atom. The van der Waals surface area contributed by atoms with Crippen LogP contribution in [0.1, 0.15) is 43.2 Å². The van der Waals surface area contributed by atoms with Gasteiger partial charge in [-0.25, -0.2) is 0 Å². The molecule has 2 N–H and O–H groups in total. The lowest BCUT2D eigenvalue weighted by molar-refractivity contribution is -0.138. The largest absolute Gasteiger partial charge is 0.418 e. The monoisotopic (exact) mass is 304 g/mol. The summed E-state index contributed by atoms with van der Waals surface area (Å²) in [6, 6.07) is 1.96. The van der Waals surface area contributed by atoms with Crippen LogP contribution in [0.5, 0.6) is 0 Å². The Morgan fingerprint density at radius 3 is 2.57 bits per heavy atom. The second kappa shape index (κ2) is 6.43. The number of carbonyl (C=O) groups is 1. The van der Waals surface area contributed by atoms with Crippen LogP contribution < -0.4 is 5.32 Å². The average molecular weight is 304 g/mol. The topological polar surface area (TPSA) is 62.2 Å². The van der Waals surface area contributed by atoms with E-state index in [0.717, 1.165) is 18.3 Å². The van der Waals surface area contributed by atoms with Gasteiger partial charge in [0.2, 0.25) is 0 Å². The zero-order valence-corrected chi connectivity index (χ0v) is 12.2. The van der Waals surface area contributed by atoms with Crippen molar-refractivity contribution < 1.29 is 23.1 Å². The summed E-state index contributed by atoms with van der Waals surface area (Å²) >= 11 is 0. The van der Waals surface area contributed by atoms with Crippen molar-refractivity contribution in [3.8, 4) is 0 Å². The number of amides is 1. The minimum Gasteiger partial charge on any atom is -0.393 e. The van der Waals surface area contributed by atoms with Gasteiger partial charge in [-0.15, -0.1) is 0 Å². The molecule has 7 heteroatoms. The van der Waals surface area contributed by atoms with Crippen molar-refractivity contribution >= 4 is 5.91 Å². The summed E-state index contributed by atoms with van der Waals surface area (Å²) in [7, 11) is 0. The lowest BCUT2D eigenvalue weighted by Gasteiger charge is -2.26. The first-order chi connectivity index (χ1) is 9.53. The number of alkyl halides is 3. The summed E-state index contributed by atoms with van der Waals surface area (Å²) in [6.45, 7) is 5.38. The maximum atomic E-state index is 12.8. The van der Waals surface area contributed by atoms with E-state index < -0.39 is 34.9 Å². The molecule has 21 heavy (non-hydrogen) atoms. The van der Waals surface area contributed by atoms with Crippen LogP contribution in [-0.2, 0) is 6.18 Å². The predicted octanol–water partition coefficient (Wildman–Crippen LogP) is 2.63.